The summed E-state index contributed by atoms with van der Waals surface area (Å²) in [7, 11) is 0. The lowest BCUT2D eigenvalue weighted by atomic mass is 10.2. The summed E-state index contributed by atoms with van der Waals surface area (Å²) >= 11 is 0. The van der Waals surface area contributed by atoms with Crippen LogP contribution in [0.25, 0.3) is 5.69 Å². The number of nitrogens with zero attached hydrogens (tertiary/aromatic N) is 3. The van der Waals surface area contributed by atoms with Crippen LogP contribution in [0.4, 0.5) is 5.69 Å². The minimum Gasteiger partial charge on any atom is -0.320 e. The Labute approximate surface area is 115 Å². The van der Waals surface area contributed by atoms with Gasteiger partial charge in [0.25, 0.3) is 5.91 Å². The van der Waals surface area contributed by atoms with Crippen LogP contribution < -0.4 is 5.32 Å². The van der Waals surface area contributed by atoms with Crippen LogP contribution in [0.3, 0.4) is 0 Å². The fourth-order valence-electron chi connectivity index (χ4n) is 1.90. The summed E-state index contributed by atoms with van der Waals surface area (Å²) in [6.45, 7) is 0. The van der Waals surface area contributed by atoms with E-state index in [9.17, 15) is 4.79 Å². The molecule has 1 amide bonds. The number of amides is 1. The van der Waals surface area contributed by atoms with Crippen molar-refractivity contribution in [3.63, 3.8) is 0 Å². The fourth-order valence-corrected chi connectivity index (χ4v) is 1.90. The predicted molar refractivity (Wildman–Crippen MR) is 75.8 cm³/mol. The van der Waals surface area contributed by atoms with Gasteiger partial charge < -0.3 is 5.32 Å². The molecule has 0 aliphatic carbocycles. The average molecular weight is 264 g/mol. The molecule has 0 unspecified atom stereocenters. The van der Waals surface area contributed by atoms with E-state index in [-0.39, 0.29) is 5.91 Å². The molecule has 0 fully saturated rings. The molecule has 0 spiro atoms. The van der Waals surface area contributed by atoms with Crippen LogP contribution in [-0.4, -0.2) is 20.7 Å². The van der Waals surface area contributed by atoms with E-state index in [0.29, 0.717) is 11.3 Å². The van der Waals surface area contributed by atoms with Gasteiger partial charge in [0, 0.05) is 5.56 Å². The van der Waals surface area contributed by atoms with Gasteiger partial charge in [-0.2, -0.15) is 5.10 Å². The SMILES string of the molecule is O=C(Nc1ccccc1-n1cncn1)c1ccccc1. The zero-order valence-electron chi connectivity index (χ0n) is 10.6. The molecule has 2 aromatic carbocycles. The number of para-hydroxylation sites is 2. The molecule has 0 atom stereocenters. The predicted octanol–water partition coefficient (Wildman–Crippen LogP) is 2.52. The minimum absolute atomic E-state index is 0.154. The maximum Gasteiger partial charge on any atom is 0.255 e. The second kappa shape index (κ2) is 5.36. The Morgan fingerprint density at radius 1 is 1.00 bits per heavy atom. The highest BCUT2D eigenvalue weighted by molar-refractivity contribution is 6.05. The summed E-state index contributed by atoms with van der Waals surface area (Å²) in [5.74, 6) is -0.154. The number of anilines is 1. The first kappa shape index (κ1) is 12.1. The third kappa shape index (κ3) is 2.42. The second-order valence-electron chi connectivity index (χ2n) is 4.18. The van der Waals surface area contributed by atoms with Crippen molar-refractivity contribution in [2.75, 3.05) is 5.32 Å². The number of carbonyl (C=O) groups is 1. The number of nitrogens with one attached hydrogen (secondary N) is 1. The van der Waals surface area contributed by atoms with Crippen LogP contribution in [0.2, 0.25) is 0 Å². The van der Waals surface area contributed by atoms with Crippen molar-refractivity contribution in [1.29, 1.82) is 0 Å². The van der Waals surface area contributed by atoms with E-state index in [2.05, 4.69) is 15.4 Å². The van der Waals surface area contributed by atoms with Gasteiger partial charge in [-0.25, -0.2) is 9.67 Å². The smallest absolute Gasteiger partial charge is 0.255 e. The van der Waals surface area contributed by atoms with Crippen LogP contribution in [0.5, 0.6) is 0 Å². The van der Waals surface area contributed by atoms with Crippen molar-refractivity contribution in [2.45, 2.75) is 0 Å². The highest BCUT2D eigenvalue weighted by atomic mass is 16.1. The van der Waals surface area contributed by atoms with E-state index in [4.69, 9.17) is 0 Å². The number of rotatable bonds is 3. The van der Waals surface area contributed by atoms with Gasteiger partial charge in [0.2, 0.25) is 0 Å². The lowest BCUT2D eigenvalue weighted by molar-refractivity contribution is 0.102. The zero-order chi connectivity index (χ0) is 13.8. The lowest BCUT2D eigenvalue weighted by Crippen LogP contribution is -2.13. The van der Waals surface area contributed by atoms with Crippen LogP contribution in [0.1, 0.15) is 10.4 Å². The highest BCUT2D eigenvalue weighted by Crippen LogP contribution is 2.19. The van der Waals surface area contributed by atoms with Crippen molar-refractivity contribution in [2.24, 2.45) is 0 Å². The number of hydrogen-bond donors (Lipinski definition) is 1. The summed E-state index contributed by atoms with van der Waals surface area (Å²) < 4.78 is 1.61. The average Bonchev–Trinajstić information content (AvgIpc) is 3.03. The Hall–Kier alpha value is -2.95. The van der Waals surface area contributed by atoms with E-state index in [0.717, 1.165) is 5.69 Å². The summed E-state index contributed by atoms with van der Waals surface area (Å²) in [5.41, 5.74) is 2.07. The van der Waals surface area contributed by atoms with Crippen molar-refractivity contribution in [3.05, 3.63) is 72.8 Å². The first-order valence-corrected chi connectivity index (χ1v) is 6.15. The maximum absolute atomic E-state index is 12.2. The number of aromatic nitrogens is 3. The molecule has 0 bridgehead atoms. The van der Waals surface area contributed by atoms with E-state index >= 15 is 0 Å². The minimum atomic E-state index is -0.154. The van der Waals surface area contributed by atoms with Crippen molar-refractivity contribution >= 4 is 11.6 Å². The Bertz CT molecular complexity index is 708. The standard InChI is InChI=1S/C15H12N4O/c20-15(12-6-2-1-3-7-12)18-13-8-4-5-9-14(13)19-11-16-10-17-19/h1-11H,(H,18,20). The molecule has 3 rings (SSSR count). The van der Waals surface area contributed by atoms with Crippen LogP contribution in [0, 0.1) is 0 Å². The Kier molecular flexibility index (Phi) is 3.24. The maximum atomic E-state index is 12.2. The number of benzene rings is 2. The van der Waals surface area contributed by atoms with Gasteiger partial charge in [-0.1, -0.05) is 30.3 Å². The first-order valence-electron chi connectivity index (χ1n) is 6.15. The van der Waals surface area contributed by atoms with Crippen LogP contribution in [-0.2, 0) is 0 Å². The fraction of sp³-hybridized carbons (Fsp3) is 0. The largest absolute Gasteiger partial charge is 0.320 e. The Balaban J connectivity index is 1.90. The number of hydrogen-bond acceptors (Lipinski definition) is 3. The molecule has 1 aromatic heterocycles. The van der Waals surface area contributed by atoms with E-state index < -0.39 is 0 Å². The molecular weight excluding hydrogens is 252 g/mol. The van der Waals surface area contributed by atoms with Gasteiger partial charge in [-0.05, 0) is 24.3 Å². The van der Waals surface area contributed by atoms with Gasteiger partial charge in [0.1, 0.15) is 12.7 Å². The quantitative estimate of drug-likeness (QED) is 0.790. The van der Waals surface area contributed by atoms with E-state index in [1.165, 1.54) is 6.33 Å². The molecule has 98 valence electrons. The van der Waals surface area contributed by atoms with Gasteiger partial charge in [0.15, 0.2) is 0 Å². The molecule has 1 heterocycles. The van der Waals surface area contributed by atoms with Crippen LogP contribution in [0.15, 0.2) is 67.3 Å². The molecule has 20 heavy (non-hydrogen) atoms. The molecule has 0 radical (unpaired) electrons. The molecule has 0 aliphatic rings. The van der Waals surface area contributed by atoms with E-state index in [1.54, 1.807) is 23.1 Å². The summed E-state index contributed by atoms with van der Waals surface area (Å²) in [6.07, 6.45) is 3.04. The molecule has 0 saturated carbocycles. The zero-order valence-corrected chi connectivity index (χ0v) is 10.6. The topological polar surface area (TPSA) is 59.8 Å². The molecular formula is C15H12N4O. The Morgan fingerprint density at radius 3 is 2.50 bits per heavy atom. The van der Waals surface area contributed by atoms with Crippen molar-refractivity contribution < 1.29 is 4.79 Å². The first-order chi connectivity index (χ1) is 9.84. The monoisotopic (exact) mass is 264 g/mol. The second-order valence-corrected chi connectivity index (χ2v) is 4.18. The lowest BCUT2D eigenvalue weighted by Gasteiger charge is -2.10. The number of carbonyl (C=O) groups excluding carboxylic acids is 1. The molecule has 0 saturated heterocycles. The van der Waals surface area contributed by atoms with Gasteiger partial charge in [-0.3, -0.25) is 4.79 Å². The highest BCUT2D eigenvalue weighted by Gasteiger charge is 2.09. The van der Waals surface area contributed by atoms with Crippen LogP contribution >= 0.6 is 0 Å². The molecule has 0 aliphatic heterocycles. The van der Waals surface area contributed by atoms with Gasteiger partial charge >= 0.3 is 0 Å². The molecule has 5 nitrogen and oxygen atoms in total. The summed E-state index contributed by atoms with van der Waals surface area (Å²) in [6, 6.07) is 16.5. The van der Waals surface area contributed by atoms with E-state index in [1.807, 2.05) is 42.5 Å². The third-order valence-corrected chi connectivity index (χ3v) is 2.85. The summed E-state index contributed by atoms with van der Waals surface area (Å²) in [5, 5.41) is 6.97. The third-order valence-electron chi connectivity index (χ3n) is 2.85. The molecule has 5 heteroatoms. The Morgan fingerprint density at radius 2 is 1.75 bits per heavy atom. The normalized spacial score (nSPS) is 10.2. The van der Waals surface area contributed by atoms with Crippen molar-refractivity contribution in [3.8, 4) is 5.69 Å². The molecule has 1 N–H and O–H groups in total. The van der Waals surface area contributed by atoms with Gasteiger partial charge in [0.05, 0.1) is 11.4 Å². The summed E-state index contributed by atoms with van der Waals surface area (Å²) in [4.78, 5) is 16.1. The van der Waals surface area contributed by atoms with Crippen molar-refractivity contribution in [1.82, 2.24) is 14.8 Å². The van der Waals surface area contributed by atoms with Gasteiger partial charge in [-0.15, -0.1) is 0 Å². The molecule has 3 aromatic rings.